The molecule has 0 heterocycles. The van der Waals surface area contributed by atoms with Gasteiger partial charge in [0.2, 0.25) is 0 Å². The molecule has 2 aromatic rings. The third-order valence-electron chi connectivity index (χ3n) is 2.82. The monoisotopic (exact) mass is 271 g/mol. The van der Waals surface area contributed by atoms with E-state index in [2.05, 4.69) is 4.74 Å². The van der Waals surface area contributed by atoms with Crippen LogP contribution in [-0.2, 0) is 4.74 Å². The molecule has 0 saturated carbocycles. The van der Waals surface area contributed by atoms with Crippen LogP contribution in [0.2, 0.25) is 0 Å². The van der Waals surface area contributed by atoms with Gasteiger partial charge in [-0.25, -0.2) is 9.59 Å². The molecule has 5 nitrogen and oxygen atoms in total. The average molecular weight is 271 g/mol. The standard InChI is InChI=1S/C15H13NO4/c1-20-15(19)10-4-2-3-9(5-10)11-6-12(14(17)18)8-13(16)7-11/h2-8H,16H2,1H3,(H,17,18). The molecule has 2 aromatic carbocycles. The largest absolute Gasteiger partial charge is 0.478 e. The first-order valence-electron chi connectivity index (χ1n) is 5.84. The molecule has 102 valence electrons. The number of aromatic carboxylic acids is 1. The number of nitrogen functional groups attached to an aromatic ring is 1. The Labute approximate surface area is 115 Å². The average Bonchev–Trinajstić information content (AvgIpc) is 2.45. The molecule has 0 fully saturated rings. The second-order valence-corrected chi connectivity index (χ2v) is 4.22. The van der Waals surface area contributed by atoms with Crippen molar-refractivity contribution in [2.45, 2.75) is 0 Å². The molecule has 0 unspecified atom stereocenters. The molecule has 0 spiro atoms. The summed E-state index contributed by atoms with van der Waals surface area (Å²) < 4.78 is 4.66. The van der Waals surface area contributed by atoms with Gasteiger partial charge in [-0.05, 0) is 41.5 Å². The molecular formula is C15H13NO4. The number of carboxylic acid groups (broad SMARTS) is 1. The number of esters is 1. The van der Waals surface area contributed by atoms with Gasteiger partial charge in [0.15, 0.2) is 0 Å². The fourth-order valence-corrected chi connectivity index (χ4v) is 1.89. The molecule has 0 bridgehead atoms. The van der Waals surface area contributed by atoms with Crippen molar-refractivity contribution in [1.29, 1.82) is 0 Å². The van der Waals surface area contributed by atoms with Gasteiger partial charge < -0.3 is 15.6 Å². The van der Waals surface area contributed by atoms with Crippen LogP contribution >= 0.6 is 0 Å². The molecule has 5 heteroatoms. The van der Waals surface area contributed by atoms with E-state index in [1.807, 2.05) is 0 Å². The van der Waals surface area contributed by atoms with Crippen molar-refractivity contribution in [3.8, 4) is 11.1 Å². The van der Waals surface area contributed by atoms with Crippen molar-refractivity contribution in [3.05, 3.63) is 53.6 Å². The number of rotatable bonds is 3. The lowest BCUT2D eigenvalue weighted by Crippen LogP contribution is -2.01. The number of carbonyl (C=O) groups excluding carboxylic acids is 1. The Morgan fingerprint density at radius 1 is 1.05 bits per heavy atom. The zero-order valence-corrected chi connectivity index (χ0v) is 10.8. The zero-order chi connectivity index (χ0) is 14.7. The zero-order valence-electron chi connectivity index (χ0n) is 10.8. The summed E-state index contributed by atoms with van der Waals surface area (Å²) in [6.07, 6.45) is 0. The SMILES string of the molecule is COC(=O)c1cccc(-c2cc(N)cc(C(=O)O)c2)c1. The Balaban J connectivity index is 2.51. The lowest BCUT2D eigenvalue weighted by molar-refractivity contribution is 0.0600. The maximum Gasteiger partial charge on any atom is 0.337 e. The van der Waals surface area contributed by atoms with Crippen molar-refractivity contribution in [3.63, 3.8) is 0 Å². The molecule has 20 heavy (non-hydrogen) atoms. The van der Waals surface area contributed by atoms with Gasteiger partial charge in [0.05, 0.1) is 18.2 Å². The van der Waals surface area contributed by atoms with E-state index in [9.17, 15) is 9.59 Å². The molecule has 0 atom stereocenters. The van der Waals surface area contributed by atoms with Crippen molar-refractivity contribution in [2.24, 2.45) is 0 Å². The first-order valence-corrected chi connectivity index (χ1v) is 5.84. The van der Waals surface area contributed by atoms with Crippen molar-refractivity contribution >= 4 is 17.6 Å². The van der Waals surface area contributed by atoms with Crippen LogP contribution in [0, 0.1) is 0 Å². The van der Waals surface area contributed by atoms with Gasteiger partial charge in [-0.15, -0.1) is 0 Å². The van der Waals surface area contributed by atoms with Gasteiger partial charge in [-0.3, -0.25) is 0 Å². The molecule has 0 aliphatic heterocycles. The second kappa shape index (κ2) is 5.44. The first-order chi connectivity index (χ1) is 9.51. The molecular weight excluding hydrogens is 258 g/mol. The second-order valence-electron chi connectivity index (χ2n) is 4.22. The van der Waals surface area contributed by atoms with Gasteiger partial charge in [0.1, 0.15) is 0 Å². The lowest BCUT2D eigenvalue weighted by atomic mass is 10.0. The van der Waals surface area contributed by atoms with Gasteiger partial charge in [-0.1, -0.05) is 12.1 Å². The van der Waals surface area contributed by atoms with E-state index in [0.717, 1.165) is 0 Å². The van der Waals surface area contributed by atoms with Crippen molar-refractivity contribution in [1.82, 2.24) is 0 Å². The highest BCUT2D eigenvalue weighted by Gasteiger charge is 2.10. The highest BCUT2D eigenvalue weighted by molar-refractivity contribution is 5.93. The summed E-state index contributed by atoms with van der Waals surface area (Å²) in [4.78, 5) is 22.5. The van der Waals surface area contributed by atoms with Crippen LogP contribution in [0.5, 0.6) is 0 Å². The number of hydrogen-bond acceptors (Lipinski definition) is 4. The quantitative estimate of drug-likeness (QED) is 0.661. The van der Waals surface area contributed by atoms with Crippen molar-refractivity contribution in [2.75, 3.05) is 12.8 Å². The Hall–Kier alpha value is -2.82. The van der Waals surface area contributed by atoms with Crippen LogP contribution < -0.4 is 5.73 Å². The van der Waals surface area contributed by atoms with E-state index >= 15 is 0 Å². The third-order valence-corrected chi connectivity index (χ3v) is 2.82. The fourth-order valence-electron chi connectivity index (χ4n) is 1.89. The van der Waals surface area contributed by atoms with Gasteiger partial charge >= 0.3 is 11.9 Å². The Kier molecular flexibility index (Phi) is 3.70. The van der Waals surface area contributed by atoms with E-state index in [1.165, 1.54) is 19.2 Å². The van der Waals surface area contributed by atoms with Crippen LogP contribution in [0.25, 0.3) is 11.1 Å². The van der Waals surface area contributed by atoms with E-state index in [-0.39, 0.29) is 5.56 Å². The maximum atomic E-state index is 11.5. The van der Waals surface area contributed by atoms with E-state index in [1.54, 1.807) is 30.3 Å². The number of carbonyl (C=O) groups is 2. The predicted molar refractivity (Wildman–Crippen MR) is 74.6 cm³/mol. The third kappa shape index (κ3) is 2.77. The summed E-state index contributed by atoms with van der Waals surface area (Å²) in [5.74, 6) is -1.50. The van der Waals surface area contributed by atoms with Crippen LogP contribution in [0.4, 0.5) is 5.69 Å². The molecule has 0 amide bonds. The summed E-state index contributed by atoms with van der Waals surface area (Å²) in [7, 11) is 1.30. The number of anilines is 1. The minimum absolute atomic E-state index is 0.100. The first kappa shape index (κ1) is 13.6. The van der Waals surface area contributed by atoms with Crippen molar-refractivity contribution < 1.29 is 19.4 Å². The highest BCUT2D eigenvalue weighted by atomic mass is 16.5. The molecule has 2 rings (SSSR count). The Morgan fingerprint density at radius 2 is 1.75 bits per heavy atom. The minimum atomic E-state index is -1.05. The Bertz CT molecular complexity index is 679. The highest BCUT2D eigenvalue weighted by Crippen LogP contribution is 2.24. The Morgan fingerprint density at radius 3 is 2.40 bits per heavy atom. The molecule has 0 aliphatic carbocycles. The number of nitrogens with two attached hydrogens (primary N) is 1. The van der Waals surface area contributed by atoms with Crippen LogP contribution in [0.1, 0.15) is 20.7 Å². The summed E-state index contributed by atoms with van der Waals surface area (Å²) >= 11 is 0. The summed E-state index contributed by atoms with van der Waals surface area (Å²) in [5, 5.41) is 9.03. The fraction of sp³-hybridized carbons (Fsp3) is 0.0667. The number of methoxy groups -OCH3 is 1. The summed E-state index contributed by atoms with van der Waals surface area (Å²) in [6, 6.07) is 11.3. The van der Waals surface area contributed by atoms with E-state index < -0.39 is 11.9 Å². The van der Waals surface area contributed by atoms with Gasteiger partial charge in [0, 0.05) is 5.69 Å². The van der Waals surface area contributed by atoms with E-state index in [4.69, 9.17) is 10.8 Å². The lowest BCUT2D eigenvalue weighted by Gasteiger charge is -2.07. The normalized spacial score (nSPS) is 10.1. The van der Waals surface area contributed by atoms with Gasteiger partial charge in [-0.2, -0.15) is 0 Å². The van der Waals surface area contributed by atoms with Crippen LogP contribution in [0.3, 0.4) is 0 Å². The number of hydrogen-bond donors (Lipinski definition) is 2. The van der Waals surface area contributed by atoms with E-state index in [0.29, 0.717) is 22.4 Å². The predicted octanol–water partition coefficient (Wildman–Crippen LogP) is 2.42. The molecule has 0 saturated heterocycles. The summed E-state index contributed by atoms with van der Waals surface area (Å²) in [5.41, 5.74) is 7.88. The molecule has 0 aliphatic rings. The number of benzene rings is 2. The smallest absolute Gasteiger partial charge is 0.337 e. The molecule has 3 N–H and O–H groups in total. The van der Waals surface area contributed by atoms with Crippen LogP contribution in [0.15, 0.2) is 42.5 Å². The minimum Gasteiger partial charge on any atom is -0.478 e. The topological polar surface area (TPSA) is 89.6 Å². The maximum absolute atomic E-state index is 11.5. The molecule has 0 radical (unpaired) electrons. The van der Waals surface area contributed by atoms with Crippen LogP contribution in [-0.4, -0.2) is 24.2 Å². The number of carboxylic acids is 1. The van der Waals surface area contributed by atoms with Gasteiger partial charge in [0.25, 0.3) is 0 Å². The summed E-state index contributed by atoms with van der Waals surface area (Å²) in [6.45, 7) is 0. The molecule has 0 aromatic heterocycles. The number of ether oxygens (including phenoxy) is 1.